The van der Waals surface area contributed by atoms with E-state index in [1.807, 2.05) is 6.07 Å². The number of aliphatic hydroxyl groups is 2. The highest BCUT2D eigenvalue weighted by atomic mass is 32.2. The molecule has 4 unspecified atom stereocenters. The van der Waals surface area contributed by atoms with Gasteiger partial charge in [-0.25, -0.2) is 0 Å². The highest BCUT2D eigenvalue weighted by Gasteiger charge is 2.60. The Labute approximate surface area is 217 Å². The summed E-state index contributed by atoms with van der Waals surface area (Å²) in [5.41, 5.74) is 2.26. The van der Waals surface area contributed by atoms with Gasteiger partial charge in [-0.2, -0.15) is 21.6 Å². The Bertz CT molecular complexity index is 1110. The monoisotopic (exact) mass is 545 g/mol. The summed E-state index contributed by atoms with van der Waals surface area (Å²) < 4.78 is 71.3. The molecule has 2 saturated carbocycles. The summed E-state index contributed by atoms with van der Waals surface area (Å²) in [6.07, 6.45) is 4.58. The first-order valence-corrected chi connectivity index (χ1v) is 14.7. The van der Waals surface area contributed by atoms with E-state index in [0.717, 1.165) is 56.9 Å². The lowest BCUT2D eigenvalue weighted by Gasteiger charge is -2.57. The molecule has 0 radical (unpaired) electrons. The molecule has 10 heteroatoms. The Morgan fingerprint density at radius 2 is 1.92 bits per heavy atom. The van der Waals surface area contributed by atoms with E-state index in [1.54, 1.807) is 12.1 Å². The quantitative estimate of drug-likeness (QED) is 0.175. The number of hydrogen-bond acceptors (Lipinski definition) is 4. The molecule has 0 aromatic heterocycles. The van der Waals surface area contributed by atoms with Crippen LogP contribution in [0.15, 0.2) is 30.4 Å². The van der Waals surface area contributed by atoms with E-state index in [1.165, 1.54) is 5.56 Å². The number of alkyl halides is 3. The van der Waals surface area contributed by atoms with Gasteiger partial charge in [-0.15, -0.1) is 0 Å². The van der Waals surface area contributed by atoms with Crippen molar-refractivity contribution in [2.24, 2.45) is 16.7 Å². The van der Waals surface area contributed by atoms with Gasteiger partial charge >= 0.3 is 16.5 Å². The van der Waals surface area contributed by atoms with E-state index in [0.29, 0.717) is 24.4 Å². The molecule has 0 bridgehead atoms. The zero-order valence-corrected chi connectivity index (χ0v) is 22.0. The number of unbranched alkanes of at least 4 members (excludes halogenated alkanes) is 3. The molecule has 0 spiro atoms. The van der Waals surface area contributed by atoms with Crippen molar-refractivity contribution >= 4 is 16.0 Å². The number of rotatable bonds is 9. The van der Waals surface area contributed by atoms with Crippen LogP contribution in [0.3, 0.4) is 0 Å². The van der Waals surface area contributed by atoms with Crippen molar-refractivity contribution in [3.8, 4) is 0 Å². The molecule has 6 atom stereocenters. The third kappa shape index (κ3) is 5.87. The molecule has 4 N–H and O–H groups in total. The van der Waals surface area contributed by atoms with Crippen molar-refractivity contribution in [1.82, 2.24) is 0 Å². The fourth-order valence-electron chi connectivity index (χ4n) is 7.48. The second-order valence-electron chi connectivity index (χ2n) is 11.4. The summed E-state index contributed by atoms with van der Waals surface area (Å²) >= 11 is 0. The smallest absolute Gasteiger partial charge is 0.393 e. The van der Waals surface area contributed by atoms with Crippen molar-refractivity contribution in [1.29, 1.82) is 0 Å². The third-order valence-corrected chi connectivity index (χ3v) is 9.80. The van der Waals surface area contributed by atoms with Crippen LogP contribution in [0, 0.1) is 16.7 Å². The molecule has 3 aliphatic rings. The van der Waals surface area contributed by atoms with Gasteiger partial charge in [-0.1, -0.05) is 38.0 Å². The van der Waals surface area contributed by atoms with E-state index >= 15 is 0 Å². The van der Waals surface area contributed by atoms with Gasteiger partial charge in [0.15, 0.2) is 0 Å². The molecule has 208 valence electrons. The Balaban J connectivity index is 1.51. The standard InChI is InChI=1S/C27H38F3NO5S/c1-25-15-13-21-20-9-8-19(31-37(34,35)36)17-18(20)12-16-26(21,22(25)10-11-23(25)32)14-6-4-2-3-5-7-24(33)27(28,29)30/h6,8-9,14,17,21-24,31-33H,2-5,7,10-13,15-16H2,1H3,(H,34,35,36)/t21?,22?,23-,24?,25-,26?/m0/s1. The lowest BCUT2D eigenvalue weighted by atomic mass is 9.47. The third-order valence-electron chi connectivity index (χ3n) is 9.30. The van der Waals surface area contributed by atoms with Gasteiger partial charge in [0, 0.05) is 0 Å². The lowest BCUT2D eigenvalue weighted by molar-refractivity contribution is -0.205. The minimum atomic E-state index is -4.56. The van der Waals surface area contributed by atoms with Gasteiger partial charge in [0.1, 0.15) is 6.10 Å². The van der Waals surface area contributed by atoms with Crippen LogP contribution in [-0.2, 0) is 16.7 Å². The van der Waals surface area contributed by atoms with Crippen LogP contribution in [0.4, 0.5) is 18.9 Å². The molecule has 37 heavy (non-hydrogen) atoms. The predicted molar refractivity (Wildman–Crippen MR) is 135 cm³/mol. The summed E-state index contributed by atoms with van der Waals surface area (Å²) in [6, 6.07) is 5.43. The number of nitrogens with one attached hydrogen (secondary N) is 1. The van der Waals surface area contributed by atoms with Crippen LogP contribution in [0.25, 0.3) is 0 Å². The first kappa shape index (κ1) is 28.4. The predicted octanol–water partition coefficient (Wildman–Crippen LogP) is 5.92. The minimum absolute atomic E-state index is 0.151. The SMILES string of the molecule is C[C@]12CCC3c4ccc(NS(=O)(=O)O)cc4CCC3(C=CCCCCCC(O)C(F)(F)F)C1CC[C@@H]2O. The Morgan fingerprint density at radius 3 is 2.62 bits per heavy atom. The number of aryl methyl sites for hydroxylation is 1. The van der Waals surface area contributed by atoms with Crippen molar-refractivity contribution < 1.29 is 36.4 Å². The van der Waals surface area contributed by atoms with Gasteiger partial charge in [-0.3, -0.25) is 9.27 Å². The fraction of sp³-hybridized carbons (Fsp3) is 0.704. The second-order valence-corrected chi connectivity index (χ2v) is 12.6. The Hall–Kier alpha value is -1.62. The molecular weight excluding hydrogens is 507 g/mol. The van der Waals surface area contributed by atoms with E-state index in [9.17, 15) is 26.7 Å². The number of hydrogen-bond donors (Lipinski definition) is 4. The fourth-order valence-corrected chi connectivity index (χ4v) is 7.91. The molecular formula is C27H38F3NO5S. The average Bonchev–Trinajstić information content (AvgIpc) is 3.11. The zero-order valence-electron chi connectivity index (χ0n) is 21.2. The molecule has 1 aromatic rings. The minimum Gasteiger partial charge on any atom is -0.393 e. The van der Waals surface area contributed by atoms with Crippen LogP contribution >= 0.6 is 0 Å². The molecule has 4 rings (SSSR count). The first-order valence-electron chi connectivity index (χ1n) is 13.2. The maximum absolute atomic E-state index is 12.5. The van der Waals surface area contributed by atoms with Gasteiger partial charge < -0.3 is 10.2 Å². The van der Waals surface area contributed by atoms with Crippen LogP contribution in [0.2, 0.25) is 0 Å². The average molecular weight is 546 g/mol. The maximum atomic E-state index is 12.5. The largest absolute Gasteiger partial charge is 0.414 e. The van der Waals surface area contributed by atoms with Gasteiger partial charge in [0.2, 0.25) is 0 Å². The van der Waals surface area contributed by atoms with E-state index in [-0.39, 0.29) is 29.3 Å². The highest BCUT2D eigenvalue weighted by molar-refractivity contribution is 7.87. The normalized spacial score (nSPS) is 32.6. The molecule has 1 aromatic carbocycles. The molecule has 0 aliphatic heterocycles. The number of aliphatic hydroxyl groups excluding tert-OH is 2. The summed E-state index contributed by atoms with van der Waals surface area (Å²) in [5, 5.41) is 20.1. The molecule has 6 nitrogen and oxygen atoms in total. The zero-order chi connectivity index (χ0) is 27.1. The number of fused-ring (bicyclic) bond motifs is 5. The molecule has 0 heterocycles. The first-order chi connectivity index (χ1) is 17.3. The molecule has 0 amide bonds. The number of anilines is 1. The molecule has 2 fully saturated rings. The molecule has 3 aliphatic carbocycles. The van der Waals surface area contributed by atoms with E-state index in [2.05, 4.69) is 23.8 Å². The Morgan fingerprint density at radius 1 is 1.16 bits per heavy atom. The van der Waals surface area contributed by atoms with Gasteiger partial charge in [-0.05, 0) is 104 Å². The number of allylic oxidation sites excluding steroid dienone is 2. The van der Waals surface area contributed by atoms with Crippen LogP contribution < -0.4 is 4.72 Å². The molecule has 0 saturated heterocycles. The lowest BCUT2D eigenvalue weighted by Crippen LogP contribution is -2.50. The topological polar surface area (TPSA) is 107 Å². The second kappa shape index (κ2) is 10.5. The summed E-state index contributed by atoms with van der Waals surface area (Å²) in [7, 11) is -4.36. The summed E-state index contributed by atoms with van der Waals surface area (Å²) in [6.45, 7) is 2.20. The van der Waals surface area contributed by atoms with Crippen molar-refractivity contribution in [2.45, 2.75) is 102 Å². The maximum Gasteiger partial charge on any atom is 0.414 e. The van der Waals surface area contributed by atoms with Gasteiger partial charge in [0.05, 0.1) is 11.8 Å². The van der Waals surface area contributed by atoms with E-state index in [4.69, 9.17) is 9.66 Å². The van der Waals surface area contributed by atoms with Crippen molar-refractivity contribution in [2.75, 3.05) is 4.72 Å². The van der Waals surface area contributed by atoms with E-state index < -0.39 is 22.6 Å². The van der Waals surface area contributed by atoms with Crippen molar-refractivity contribution in [3.05, 3.63) is 41.5 Å². The number of benzene rings is 1. The van der Waals surface area contributed by atoms with Crippen LogP contribution in [0.1, 0.15) is 88.2 Å². The van der Waals surface area contributed by atoms with Crippen LogP contribution in [-0.4, -0.2) is 41.6 Å². The highest BCUT2D eigenvalue weighted by Crippen LogP contribution is 2.67. The van der Waals surface area contributed by atoms with Crippen molar-refractivity contribution in [3.63, 3.8) is 0 Å². The Kier molecular flexibility index (Phi) is 8.06. The number of halogens is 3. The summed E-state index contributed by atoms with van der Waals surface area (Å²) in [4.78, 5) is 0. The van der Waals surface area contributed by atoms with Crippen LogP contribution in [0.5, 0.6) is 0 Å². The summed E-state index contributed by atoms with van der Waals surface area (Å²) in [5.74, 6) is 0.522. The van der Waals surface area contributed by atoms with Gasteiger partial charge in [0.25, 0.3) is 0 Å².